The molecule has 21 heavy (non-hydrogen) atoms. The van der Waals surface area contributed by atoms with Crippen LogP contribution in [0, 0.1) is 6.92 Å². The predicted molar refractivity (Wildman–Crippen MR) is 85.7 cm³/mol. The number of nitrogens with zero attached hydrogens (tertiary/aromatic N) is 3. The van der Waals surface area contributed by atoms with Crippen molar-refractivity contribution >= 4 is 16.7 Å². The number of aromatic nitrogens is 2. The van der Waals surface area contributed by atoms with Crippen molar-refractivity contribution in [1.29, 1.82) is 0 Å². The van der Waals surface area contributed by atoms with Gasteiger partial charge >= 0.3 is 0 Å². The van der Waals surface area contributed by atoms with E-state index in [0.717, 1.165) is 22.3 Å². The summed E-state index contributed by atoms with van der Waals surface area (Å²) in [5.74, 6) is 1.62. The number of hydrogen-bond donors (Lipinski definition) is 1. The highest BCUT2D eigenvalue weighted by Crippen LogP contribution is 2.32. The van der Waals surface area contributed by atoms with Crippen LogP contribution < -0.4 is 4.90 Å². The number of benzene rings is 2. The summed E-state index contributed by atoms with van der Waals surface area (Å²) in [5, 5.41) is 11.3. The quantitative estimate of drug-likeness (QED) is 0.781. The minimum absolute atomic E-state index is 0.234. The largest absolute Gasteiger partial charge is 0.507 e. The van der Waals surface area contributed by atoms with Crippen molar-refractivity contribution in [2.45, 2.75) is 6.92 Å². The number of rotatable bonds is 2. The highest BCUT2D eigenvalue weighted by Gasteiger charge is 2.14. The molecule has 4 heteroatoms. The fourth-order valence-corrected chi connectivity index (χ4v) is 2.36. The third-order valence-corrected chi connectivity index (χ3v) is 3.49. The zero-order valence-corrected chi connectivity index (χ0v) is 12.3. The van der Waals surface area contributed by atoms with Gasteiger partial charge in [-0.2, -0.15) is 0 Å². The number of para-hydroxylation sites is 2. The highest BCUT2D eigenvalue weighted by atomic mass is 16.3. The van der Waals surface area contributed by atoms with Gasteiger partial charge in [0.1, 0.15) is 11.6 Å². The van der Waals surface area contributed by atoms with Crippen LogP contribution in [-0.4, -0.2) is 29.2 Å². The fraction of sp³-hybridized carbons (Fsp3) is 0.176. The summed E-state index contributed by atoms with van der Waals surface area (Å²) in [6.07, 6.45) is 0. The van der Waals surface area contributed by atoms with Gasteiger partial charge in [-0.1, -0.05) is 24.3 Å². The number of aryl methyl sites for hydroxylation is 1. The van der Waals surface area contributed by atoms with Gasteiger partial charge in [-0.3, -0.25) is 0 Å². The molecule has 0 saturated carbocycles. The Kier molecular flexibility index (Phi) is 3.22. The van der Waals surface area contributed by atoms with Crippen LogP contribution in [0.2, 0.25) is 0 Å². The van der Waals surface area contributed by atoms with Gasteiger partial charge in [0.25, 0.3) is 0 Å². The molecule has 1 heterocycles. The number of fused-ring (bicyclic) bond motifs is 1. The van der Waals surface area contributed by atoms with E-state index in [9.17, 15) is 5.11 Å². The Labute approximate surface area is 123 Å². The molecule has 1 aromatic heterocycles. The average molecular weight is 279 g/mol. The maximum Gasteiger partial charge on any atom is 0.165 e. The molecule has 4 nitrogen and oxygen atoms in total. The lowest BCUT2D eigenvalue weighted by molar-refractivity contribution is 0.473. The van der Waals surface area contributed by atoms with Crippen molar-refractivity contribution in [3.63, 3.8) is 0 Å². The number of aromatic hydroxyl groups is 1. The van der Waals surface area contributed by atoms with Gasteiger partial charge in [0.05, 0.1) is 11.1 Å². The molecule has 0 atom stereocenters. The summed E-state index contributed by atoms with van der Waals surface area (Å²) < 4.78 is 0. The Morgan fingerprint density at radius 2 is 1.71 bits per heavy atom. The van der Waals surface area contributed by atoms with Gasteiger partial charge in [0.2, 0.25) is 0 Å². The molecule has 0 saturated heterocycles. The van der Waals surface area contributed by atoms with Crippen LogP contribution in [0.4, 0.5) is 5.82 Å². The van der Waals surface area contributed by atoms with E-state index < -0.39 is 0 Å². The summed E-state index contributed by atoms with van der Waals surface area (Å²) in [7, 11) is 3.91. The third-order valence-electron chi connectivity index (χ3n) is 3.49. The molecule has 0 aliphatic carbocycles. The first-order valence-electron chi connectivity index (χ1n) is 6.81. The van der Waals surface area contributed by atoms with Crippen molar-refractivity contribution in [3.8, 4) is 17.1 Å². The third kappa shape index (κ3) is 2.29. The summed E-state index contributed by atoms with van der Waals surface area (Å²) in [6.45, 7) is 1.87. The van der Waals surface area contributed by atoms with E-state index >= 15 is 0 Å². The van der Waals surface area contributed by atoms with E-state index in [-0.39, 0.29) is 5.75 Å². The molecule has 0 unspecified atom stereocenters. The molecule has 0 radical (unpaired) electrons. The SMILES string of the molecule is Cc1cccc(-c2nc(N(C)C)c3ccccc3n2)c1O. The second kappa shape index (κ2) is 5.05. The molecule has 2 aromatic carbocycles. The molecular formula is C17H17N3O. The molecule has 0 aliphatic heterocycles. The fourth-order valence-electron chi connectivity index (χ4n) is 2.36. The standard InChI is InChI=1S/C17H17N3O/c1-11-7-6-9-13(15(11)21)16-18-14-10-5-4-8-12(14)17(19-16)20(2)3/h4-10,21H,1-3H3. The van der Waals surface area contributed by atoms with Gasteiger partial charge < -0.3 is 10.0 Å². The van der Waals surface area contributed by atoms with Crippen molar-refractivity contribution in [2.75, 3.05) is 19.0 Å². The average Bonchev–Trinajstić information content (AvgIpc) is 2.48. The smallest absolute Gasteiger partial charge is 0.165 e. The van der Waals surface area contributed by atoms with Crippen LogP contribution in [0.3, 0.4) is 0 Å². The van der Waals surface area contributed by atoms with Crippen LogP contribution in [-0.2, 0) is 0 Å². The lowest BCUT2D eigenvalue weighted by Gasteiger charge is -2.16. The molecule has 3 rings (SSSR count). The molecule has 0 fully saturated rings. The first-order chi connectivity index (χ1) is 10.1. The molecular weight excluding hydrogens is 262 g/mol. The first-order valence-corrected chi connectivity index (χ1v) is 6.81. The molecule has 1 N–H and O–H groups in total. The maximum atomic E-state index is 10.3. The van der Waals surface area contributed by atoms with Gasteiger partial charge in [0.15, 0.2) is 5.82 Å². The van der Waals surface area contributed by atoms with E-state index in [2.05, 4.69) is 9.97 Å². The van der Waals surface area contributed by atoms with Crippen LogP contribution in [0.5, 0.6) is 5.75 Å². The molecule has 0 spiro atoms. The Hall–Kier alpha value is -2.62. The zero-order chi connectivity index (χ0) is 15.0. The molecule has 3 aromatic rings. The number of anilines is 1. The number of phenolic OH excluding ortho intramolecular Hbond substituents is 1. The second-order valence-electron chi connectivity index (χ2n) is 5.25. The summed E-state index contributed by atoms with van der Waals surface area (Å²) in [5.41, 5.74) is 2.34. The predicted octanol–water partition coefficient (Wildman–Crippen LogP) is 3.38. The number of hydrogen-bond acceptors (Lipinski definition) is 4. The molecule has 106 valence electrons. The van der Waals surface area contributed by atoms with Crippen LogP contribution in [0.25, 0.3) is 22.3 Å². The minimum Gasteiger partial charge on any atom is -0.507 e. The van der Waals surface area contributed by atoms with Crippen LogP contribution in [0.15, 0.2) is 42.5 Å². The summed E-state index contributed by atoms with van der Waals surface area (Å²) in [4.78, 5) is 11.2. The lowest BCUT2D eigenvalue weighted by Crippen LogP contribution is -2.12. The van der Waals surface area contributed by atoms with Gasteiger partial charge in [-0.25, -0.2) is 9.97 Å². The van der Waals surface area contributed by atoms with E-state index in [4.69, 9.17) is 0 Å². The molecule has 0 amide bonds. The van der Waals surface area contributed by atoms with Gasteiger partial charge in [0, 0.05) is 19.5 Å². The molecule has 0 bridgehead atoms. The van der Waals surface area contributed by atoms with Gasteiger partial charge in [-0.15, -0.1) is 0 Å². The summed E-state index contributed by atoms with van der Waals surface area (Å²) >= 11 is 0. The van der Waals surface area contributed by atoms with E-state index in [1.54, 1.807) is 0 Å². The van der Waals surface area contributed by atoms with E-state index in [0.29, 0.717) is 11.4 Å². The zero-order valence-electron chi connectivity index (χ0n) is 12.3. The van der Waals surface area contributed by atoms with Gasteiger partial charge in [-0.05, 0) is 30.7 Å². The van der Waals surface area contributed by atoms with Crippen LogP contribution >= 0.6 is 0 Å². The maximum absolute atomic E-state index is 10.3. The van der Waals surface area contributed by atoms with Crippen molar-refractivity contribution < 1.29 is 5.11 Å². The Balaban J connectivity index is 2.31. The van der Waals surface area contributed by atoms with Crippen molar-refractivity contribution in [2.24, 2.45) is 0 Å². The summed E-state index contributed by atoms with van der Waals surface area (Å²) in [6, 6.07) is 13.5. The normalized spacial score (nSPS) is 10.8. The Bertz CT molecular complexity index is 812. The number of phenols is 1. The monoisotopic (exact) mass is 279 g/mol. The topological polar surface area (TPSA) is 49.2 Å². The molecule has 0 aliphatic rings. The van der Waals surface area contributed by atoms with E-state index in [1.807, 2.05) is 68.4 Å². The van der Waals surface area contributed by atoms with Crippen LogP contribution in [0.1, 0.15) is 5.56 Å². The minimum atomic E-state index is 0.234. The highest BCUT2D eigenvalue weighted by molar-refractivity contribution is 5.91. The lowest BCUT2D eigenvalue weighted by atomic mass is 10.1. The second-order valence-corrected chi connectivity index (χ2v) is 5.25. The van der Waals surface area contributed by atoms with E-state index in [1.165, 1.54) is 0 Å². The Morgan fingerprint density at radius 1 is 0.952 bits per heavy atom. The first kappa shape index (κ1) is 13.4. The Morgan fingerprint density at radius 3 is 2.48 bits per heavy atom. The van der Waals surface area contributed by atoms with Crippen molar-refractivity contribution in [3.05, 3.63) is 48.0 Å². The van der Waals surface area contributed by atoms with Crippen molar-refractivity contribution in [1.82, 2.24) is 9.97 Å².